The van der Waals surface area contributed by atoms with Crippen molar-refractivity contribution >= 4 is 6.03 Å². The van der Waals surface area contributed by atoms with E-state index in [9.17, 15) is 4.79 Å². The number of hydrogen-bond acceptors (Lipinski definition) is 2. The SMILES string of the molecule is CCc1ccc(CN(Cc2cccnc2)C(=O)NC2CC2)cc1. The predicted molar refractivity (Wildman–Crippen MR) is 90.9 cm³/mol. The van der Waals surface area contributed by atoms with Gasteiger partial charge in [-0.1, -0.05) is 37.3 Å². The smallest absolute Gasteiger partial charge is 0.318 e. The van der Waals surface area contributed by atoms with E-state index in [2.05, 4.69) is 41.5 Å². The summed E-state index contributed by atoms with van der Waals surface area (Å²) in [6.07, 6.45) is 6.79. The van der Waals surface area contributed by atoms with Gasteiger partial charge in [0.2, 0.25) is 0 Å². The van der Waals surface area contributed by atoms with Crippen molar-refractivity contribution in [3.8, 4) is 0 Å². The van der Waals surface area contributed by atoms with Crippen LogP contribution in [0.1, 0.15) is 36.5 Å². The Bertz CT molecular complexity index is 635. The fourth-order valence-corrected chi connectivity index (χ4v) is 2.51. The first-order chi connectivity index (χ1) is 11.2. The van der Waals surface area contributed by atoms with Crippen LogP contribution in [0, 0.1) is 0 Å². The summed E-state index contributed by atoms with van der Waals surface area (Å²) >= 11 is 0. The molecule has 0 aliphatic heterocycles. The van der Waals surface area contributed by atoms with Gasteiger partial charge in [-0.05, 0) is 42.0 Å². The minimum absolute atomic E-state index is 0.0101. The Morgan fingerprint density at radius 3 is 2.43 bits per heavy atom. The molecule has 1 saturated carbocycles. The van der Waals surface area contributed by atoms with Gasteiger partial charge in [-0.2, -0.15) is 0 Å². The molecule has 0 saturated heterocycles. The number of amides is 2. The Hall–Kier alpha value is -2.36. The third-order valence-electron chi connectivity index (χ3n) is 4.09. The summed E-state index contributed by atoms with van der Waals surface area (Å²) in [5.74, 6) is 0. The summed E-state index contributed by atoms with van der Waals surface area (Å²) in [4.78, 5) is 18.5. The van der Waals surface area contributed by atoms with Gasteiger partial charge in [0.15, 0.2) is 0 Å². The van der Waals surface area contributed by atoms with Gasteiger partial charge in [0.05, 0.1) is 0 Å². The van der Waals surface area contributed by atoms with Crippen LogP contribution < -0.4 is 5.32 Å². The minimum atomic E-state index is 0.0101. The zero-order valence-corrected chi connectivity index (χ0v) is 13.5. The second kappa shape index (κ2) is 7.27. The van der Waals surface area contributed by atoms with E-state index in [1.807, 2.05) is 23.2 Å². The van der Waals surface area contributed by atoms with Crippen molar-refractivity contribution in [2.24, 2.45) is 0 Å². The lowest BCUT2D eigenvalue weighted by Crippen LogP contribution is -2.40. The maximum absolute atomic E-state index is 12.5. The average molecular weight is 309 g/mol. The summed E-state index contributed by atoms with van der Waals surface area (Å²) in [6.45, 7) is 3.33. The number of urea groups is 1. The van der Waals surface area contributed by atoms with Crippen LogP contribution in [0.15, 0.2) is 48.8 Å². The van der Waals surface area contributed by atoms with Crippen molar-refractivity contribution < 1.29 is 4.79 Å². The molecule has 2 aromatic rings. The number of benzene rings is 1. The summed E-state index contributed by atoms with van der Waals surface area (Å²) in [6, 6.07) is 12.8. The van der Waals surface area contributed by atoms with Crippen LogP contribution in [0.3, 0.4) is 0 Å². The normalized spacial score (nSPS) is 13.6. The third kappa shape index (κ3) is 4.55. The molecule has 120 valence electrons. The highest BCUT2D eigenvalue weighted by Gasteiger charge is 2.26. The molecule has 23 heavy (non-hydrogen) atoms. The molecule has 0 spiro atoms. The van der Waals surface area contributed by atoms with Gasteiger partial charge in [-0.3, -0.25) is 4.98 Å². The molecule has 0 unspecified atom stereocenters. The van der Waals surface area contributed by atoms with Gasteiger partial charge in [0.1, 0.15) is 0 Å². The van der Waals surface area contributed by atoms with Gasteiger partial charge in [0, 0.05) is 31.5 Å². The average Bonchev–Trinajstić information content (AvgIpc) is 3.40. The van der Waals surface area contributed by atoms with Crippen LogP contribution in [0.4, 0.5) is 4.79 Å². The topological polar surface area (TPSA) is 45.2 Å². The summed E-state index contributed by atoms with van der Waals surface area (Å²) in [7, 11) is 0. The predicted octanol–water partition coefficient (Wildman–Crippen LogP) is 3.52. The maximum atomic E-state index is 12.5. The maximum Gasteiger partial charge on any atom is 0.318 e. The molecule has 1 fully saturated rings. The molecule has 1 N–H and O–H groups in total. The summed E-state index contributed by atoms with van der Waals surface area (Å²) < 4.78 is 0. The molecule has 1 aliphatic rings. The van der Waals surface area contributed by atoms with E-state index >= 15 is 0 Å². The molecule has 1 heterocycles. The van der Waals surface area contributed by atoms with Gasteiger partial charge in [-0.15, -0.1) is 0 Å². The van der Waals surface area contributed by atoms with Crippen LogP contribution in [0.2, 0.25) is 0 Å². The zero-order chi connectivity index (χ0) is 16.1. The molecular weight excluding hydrogens is 286 g/mol. The molecule has 0 radical (unpaired) electrons. The van der Waals surface area contributed by atoms with Gasteiger partial charge >= 0.3 is 6.03 Å². The van der Waals surface area contributed by atoms with E-state index in [4.69, 9.17) is 0 Å². The van der Waals surface area contributed by atoms with Crippen LogP contribution in [0.25, 0.3) is 0 Å². The molecule has 4 heteroatoms. The second-order valence-electron chi connectivity index (χ2n) is 6.11. The van der Waals surface area contributed by atoms with Crippen LogP contribution in [-0.2, 0) is 19.5 Å². The second-order valence-corrected chi connectivity index (χ2v) is 6.11. The Morgan fingerprint density at radius 2 is 1.83 bits per heavy atom. The van der Waals surface area contributed by atoms with Crippen molar-refractivity contribution in [2.75, 3.05) is 0 Å². The van der Waals surface area contributed by atoms with Crippen molar-refractivity contribution in [3.05, 3.63) is 65.5 Å². The number of aromatic nitrogens is 1. The number of nitrogens with one attached hydrogen (secondary N) is 1. The highest BCUT2D eigenvalue weighted by atomic mass is 16.2. The molecular formula is C19H23N3O. The molecule has 1 aliphatic carbocycles. The lowest BCUT2D eigenvalue weighted by Gasteiger charge is -2.23. The molecule has 0 atom stereocenters. The standard InChI is InChI=1S/C19H23N3O/c1-2-15-5-7-16(8-6-15)13-22(19(23)21-18-9-10-18)14-17-4-3-11-20-12-17/h3-8,11-12,18H,2,9-10,13-14H2,1H3,(H,21,23). The number of carbonyl (C=O) groups excluding carboxylic acids is 1. The number of nitrogens with zero attached hydrogens (tertiary/aromatic N) is 2. The van der Waals surface area contributed by atoms with Crippen molar-refractivity contribution in [1.82, 2.24) is 15.2 Å². The third-order valence-corrected chi connectivity index (χ3v) is 4.09. The van der Waals surface area contributed by atoms with Gasteiger partial charge in [0.25, 0.3) is 0 Å². The Labute approximate surface area is 137 Å². The quantitative estimate of drug-likeness (QED) is 0.887. The van der Waals surface area contributed by atoms with Gasteiger partial charge < -0.3 is 10.2 Å². The van der Waals surface area contributed by atoms with E-state index in [1.54, 1.807) is 6.20 Å². The van der Waals surface area contributed by atoms with Crippen molar-refractivity contribution in [1.29, 1.82) is 0 Å². The molecule has 3 rings (SSSR count). The zero-order valence-electron chi connectivity index (χ0n) is 13.5. The Morgan fingerprint density at radius 1 is 1.13 bits per heavy atom. The number of rotatable bonds is 6. The van der Waals surface area contributed by atoms with E-state index in [0.29, 0.717) is 19.1 Å². The fourth-order valence-electron chi connectivity index (χ4n) is 2.51. The summed E-state index contributed by atoms with van der Waals surface area (Å²) in [5, 5.41) is 3.08. The number of carbonyl (C=O) groups is 1. The fraction of sp³-hybridized carbons (Fsp3) is 0.368. The highest BCUT2D eigenvalue weighted by Crippen LogP contribution is 2.20. The first-order valence-electron chi connectivity index (χ1n) is 8.26. The Balaban J connectivity index is 1.71. The first kappa shape index (κ1) is 15.5. The molecule has 1 aromatic heterocycles. The lowest BCUT2D eigenvalue weighted by molar-refractivity contribution is 0.191. The summed E-state index contributed by atoms with van der Waals surface area (Å²) in [5.41, 5.74) is 3.51. The number of hydrogen-bond donors (Lipinski definition) is 1. The molecule has 1 aromatic carbocycles. The number of pyridine rings is 1. The van der Waals surface area contributed by atoms with E-state index in [1.165, 1.54) is 5.56 Å². The van der Waals surface area contributed by atoms with Crippen molar-refractivity contribution in [3.63, 3.8) is 0 Å². The molecule has 2 amide bonds. The van der Waals surface area contributed by atoms with E-state index < -0.39 is 0 Å². The van der Waals surface area contributed by atoms with Crippen LogP contribution >= 0.6 is 0 Å². The first-order valence-corrected chi connectivity index (χ1v) is 8.26. The highest BCUT2D eigenvalue weighted by molar-refractivity contribution is 5.74. The Kier molecular flexibility index (Phi) is 4.91. The van der Waals surface area contributed by atoms with Gasteiger partial charge in [-0.25, -0.2) is 4.79 Å². The lowest BCUT2D eigenvalue weighted by atomic mass is 10.1. The van der Waals surface area contributed by atoms with Crippen LogP contribution in [0.5, 0.6) is 0 Å². The number of aryl methyl sites for hydroxylation is 1. The molecule has 0 bridgehead atoms. The largest absolute Gasteiger partial charge is 0.335 e. The minimum Gasteiger partial charge on any atom is -0.335 e. The van der Waals surface area contributed by atoms with E-state index in [0.717, 1.165) is 30.4 Å². The molecule has 4 nitrogen and oxygen atoms in total. The van der Waals surface area contributed by atoms with Crippen molar-refractivity contribution in [2.45, 2.75) is 45.3 Å². The monoisotopic (exact) mass is 309 g/mol. The van der Waals surface area contributed by atoms with E-state index in [-0.39, 0.29) is 6.03 Å². The van der Waals surface area contributed by atoms with Crippen LogP contribution in [-0.4, -0.2) is 22.0 Å².